The van der Waals surface area contributed by atoms with E-state index in [1.165, 1.54) is 25.3 Å². The maximum atomic E-state index is 13.2. The van der Waals surface area contributed by atoms with Gasteiger partial charge in [-0.1, -0.05) is 30.8 Å². The van der Waals surface area contributed by atoms with Gasteiger partial charge in [0.25, 0.3) is 5.56 Å². The van der Waals surface area contributed by atoms with Crippen LogP contribution in [-0.4, -0.2) is 21.6 Å². The number of hydrogen-bond donors (Lipinski definition) is 1. The molecule has 2 aromatic rings. The number of fused-ring (bicyclic) bond motifs is 1. The Labute approximate surface area is 165 Å². The van der Waals surface area contributed by atoms with Crippen LogP contribution in [0.2, 0.25) is 0 Å². The van der Waals surface area contributed by atoms with Crippen molar-refractivity contribution in [2.45, 2.75) is 70.1 Å². The Morgan fingerprint density at radius 1 is 1.24 bits per heavy atom. The van der Waals surface area contributed by atoms with E-state index in [0.717, 1.165) is 18.8 Å². The van der Waals surface area contributed by atoms with Crippen LogP contribution < -0.4 is 16.0 Å². The molecule has 0 spiro atoms. The van der Waals surface area contributed by atoms with Gasteiger partial charge in [0.1, 0.15) is 5.39 Å². The second-order valence-corrected chi connectivity index (χ2v) is 7.94. The molecule has 156 valence electrons. The van der Waals surface area contributed by atoms with Crippen LogP contribution in [0.3, 0.4) is 0 Å². The van der Waals surface area contributed by atoms with Crippen LogP contribution in [0.25, 0.3) is 11.1 Å². The first-order valence-corrected chi connectivity index (χ1v) is 10.1. The molecule has 1 N–H and O–H groups in total. The minimum Gasteiger partial charge on any atom is -0.403 e. The topological polar surface area (TPSA) is 97.5 Å². The second-order valence-electron chi connectivity index (χ2n) is 7.94. The molecule has 9 heteroatoms. The SMILES string of the molecule is O=c1cc(CCCCC2CC2)c2c(=O)[nH]c(ON=C3CCC(F)(F)CC3)nc2o1. The van der Waals surface area contributed by atoms with Gasteiger partial charge < -0.3 is 9.25 Å². The highest BCUT2D eigenvalue weighted by molar-refractivity contribution is 5.84. The summed E-state index contributed by atoms with van der Waals surface area (Å²) < 4.78 is 31.5. The van der Waals surface area contributed by atoms with E-state index in [0.29, 0.717) is 17.7 Å². The van der Waals surface area contributed by atoms with Gasteiger partial charge in [0.05, 0.1) is 5.71 Å². The van der Waals surface area contributed by atoms with Crippen LogP contribution >= 0.6 is 0 Å². The van der Waals surface area contributed by atoms with Crippen molar-refractivity contribution in [3.05, 3.63) is 32.4 Å². The number of rotatable bonds is 7. The van der Waals surface area contributed by atoms with Gasteiger partial charge >= 0.3 is 11.6 Å². The minimum absolute atomic E-state index is 0.108. The Morgan fingerprint density at radius 3 is 2.72 bits per heavy atom. The number of H-pyrrole nitrogens is 1. The van der Waals surface area contributed by atoms with E-state index in [4.69, 9.17) is 9.25 Å². The van der Waals surface area contributed by atoms with Crippen LogP contribution in [0, 0.1) is 5.92 Å². The van der Waals surface area contributed by atoms with Crippen LogP contribution in [0.5, 0.6) is 6.01 Å². The summed E-state index contributed by atoms with van der Waals surface area (Å²) >= 11 is 0. The molecule has 4 rings (SSSR count). The zero-order chi connectivity index (χ0) is 20.4. The van der Waals surface area contributed by atoms with Gasteiger partial charge in [-0.15, -0.1) is 0 Å². The van der Waals surface area contributed by atoms with Gasteiger partial charge in [0, 0.05) is 18.9 Å². The third kappa shape index (κ3) is 5.07. The normalized spacial score (nSPS) is 18.8. The van der Waals surface area contributed by atoms with Crippen LogP contribution in [0.15, 0.2) is 25.2 Å². The number of unbranched alkanes of at least 4 members (excludes halogenated alkanes) is 1. The molecular weight excluding hydrogens is 384 g/mol. The number of aromatic nitrogens is 2. The summed E-state index contributed by atoms with van der Waals surface area (Å²) in [6, 6.07) is 1.10. The summed E-state index contributed by atoms with van der Waals surface area (Å²) in [5, 5.41) is 4.06. The maximum absolute atomic E-state index is 13.2. The number of halogens is 2. The summed E-state index contributed by atoms with van der Waals surface area (Å²) in [4.78, 5) is 36.1. The molecule has 2 aliphatic carbocycles. The van der Waals surface area contributed by atoms with E-state index in [9.17, 15) is 18.4 Å². The van der Waals surface area contributed by atoms with E-state index >= 15 is 0 Å². The number of nitrogens with one attached hydrogen (secondary N) is 1. The van der Waals surface area contributed by atoms with E-state index in [1.807, 2.05) is 0 Å². The number of oxime groups is 1. The Balaban J connectivity index is 1.50. The van der Waals surface area contributed by atoms with Crippen molar-refractivity contribution in [3.63, 3.8) is 0 Å². The van der Waals surface area contributed by atoms with E-state index in [2.05, 4.69) is 15.1 Å². The fourth-order valence-corrected chi connectivity index (χ4v) is 3.63. The van der Waals surface area contributed by atoms with E-state index in [-0.39, 0.29) is 42.8 Å². The van der Waals surface area contributed by atoms with Gasteiger partial charge in [-0.2, -0.15) is 4.98 Å². The van der Waals surface area contributed by atoms with Gasteiger partial charge in [-0.05, 0) is 37.2 Å². The average molecular weight is 407 g/mol. The minimum atomic E-state index is -2.67. The molecular formula is C20H23F2N3O4. The van der Waals surface area contributed by atoms with Crippen molar-refractivity contribution in [1.82, 2.24) is 9.97 Å². The number of aromatic amines is 1. The monoisotopic (exact) mass is 407 g/mol. The molecule has 0 aliphatic heterocycles. The van der Waals surface area contributed by atoms with Gasteiger partial charge in [0.15, 0.2) is 0 Å². The predicted octanol–water partition coefficient (Wildman–Crippen LogP) is 3.94. The predicted molar refractivity (Wildman–Crippen MR) is 103 cm³/mol. The molecule has 2 aliphatic rings. The fourth-order valence-electron chi connectivity index (χ4n) is 3.63. The molecule has 7 nitrogen and oxygen atoms in total. The maximum Gasteiger partial charge on any atom is 0.337 e. The van der Waals surface area contributed by atoms with E-state index < -0.39 is 17.1 Å². The quantitative estimate of drug-likeness (QED) is 0.554. The zero-order valence-corrected chi connectivity index (χ0v) is 16.0. The lowest BCUT2D eigenvalue weighted by atomic mass is 9.95. The number of nitrogens with zero attached hydrogens (tertiary/aromatic N) is 2. The standard InChI is InChI=1S/C20H23F2N3O4/c21-20(22)9-7-14(8-10-20)25-29-19-23-17(27)16-13(4-2-1-3-12-5-6-12)11-15(26)28-18(16)24-19/h11-12H,1-10H2,(H,23,24,27). The Morgan fingerprint density at radius 2 is 2.00 bits per heavy atom. The third-order valence-electron chi connectivity index (χ3n) is 5.50. The highest BCUT2D eigenvalue weighted by Crippen LogP contribution is 2.34. The Bertz CT molecular complexity index is 1030. The average Bonchev–Trinajstić information content (AvgIpc) is 3.48. The number of aryl methyl sites for hydroxylation is 1. The van der Waals surface area contributed by atoms with Crippen LogP contribution in [-0.2, 0) is 6.42 Å². The lowest BCUT2D eigenvalue weighted by Gasteiger charge is -2.21. The van der Waals surface area contributed by atoms with Crippen molar-refractivity contribution >= 4 is 16.8 Å². The summed E-state index contributed by atoms with van der Waals surface area (Å²) in [5.41, 5.74) is -0.0950. The van der Waals surface area contributed by atoms with Gasteiger partial charge in [-0.3, -0.25) is 9.78 Å². The molecule has 2 fully saturated rings. The zero-order valence-electron chi connectivity index (χ0n) is 16.0. The Kier molecular flexibility index (Phi) is 5.47. The van der Waals surface area contributed by atoms with Crippen molar-refractivity contribution in [2.75, 3.05) is 0 Å². The van der Waals surface area contributed by atoms with Crippen molar-refractivity contribution in [1.29, 1.82) is 0 Å². The summed E-state index contributed by atoms with van der Waals surface area (Å²) in [6.07, 6.45) is 5.98. The summed E-state index contributed by atoms with van der Waals surface area (Å²) in [5.74, 6) is -1.83. The highest BCUT2D eigenvalue weighted by Gasteiger charge is 2.33. The first-order chi connectivity index (χ1) is 13.9. The molecule has 0 bridgehead atoms. The lowest BCUT2D eigenvalue weighted by molar-refractivity contribution is -0.0185. The molecule has 0 unspecified atom stereocenters. The molecule has 0 atom stereocenters. The first kappa shape index (κ1) is 19.7. The third-order valence-corrected chi connectivity index (χ3v) is 5.50. The van der Waals surface area contributed by atoms with Gasteiger partial charge in [-0.25, -0.2) is 13.6 Å². The molecule has 0 radical (unpaired) electrons. The van der Waals surface area contributed by atoms with Gasteiger partial charge in [0.2, 0.25) is 11.6 Å². The number of hydrogen-bond acceptors (Lipinski definition) is 6. The van der Waals surface area contributed by atoms with Crippen molar-refractivity contribution < 1.29 is 18.0 Å². The smallest absolute Gasteiger partial charge is 0.337 e. The van der Waals surface area contributed by atoms with Crippen LogP contribution in [0.1, 0.15) is 63.4 Å². The molecule has 0 amide bonds. The molecule has 29 heavy (non-hydrogen) atoms. The Hall–Kier alpha value is -2.58. The molecule has 2 heterocycles. The first-order valence-electron chi connectivity index (χ1n) is 10.1. The summed E-state index contributed by atoms with van der Waals surface area (Å²) in [6.45, 7) is 0. The largest absolute Gasteiger partial charge is 0.403 e. The molecule has 2 aromatic heterocycles. The number of alkyl halides is 2. The summed E-state index contributed by atoms with van der Waals surface area (Å²) in [7, 11) is 0. The van der Waals surface area contributed by atoms with Crippen molar-refractivity contribution in [2.24, 2.45) is 11.1 Å². The van der Waals surface area contributed by atoms with E-state index in [1.54, 1.807) is 0 Å². The second kappa shape index (κ2) is 8.04. The van der Waals surface area contributed by atoms with Crippen molar-refractivity contribution in [3.8, 4) is 6.01 Å². The molecule has 0 aromatic carbocycles. The highest BCUT2D eigenvalue weighted by atomic mass is 19.3. The molecule has 2 saturated carbocycles. The fraction of sp³-hybridized carbons (Fsp3) is 0.600. The lowest BCUT2D eigenvalue weighted by Crippen LogP contribution is -2.25. The molecule has 0 saturated heterocycles. The van der Waals surface area contributed by atoms with Crippen LogP contribution in [0.4, 0.5) is 8.78 Å².